The van der Waals surface area contributed by atoms with Crippen LogP contribution in [0.3, 0.4) is 0 Å². The maximum Gasteiger partial charge on any atom is 0.433 e. The Bertz CT molecular complexity index is 901. The molecule has 0 saturated carbocycles. The van der Waals surface area contributed by atoms with Gasteiger partial charge in [-0.05, 0) is 59.6 Å². The van der Waals surface area contributed by atoms with E-state index in [9.17, 15) is 27.6 Å². The van der Waals surface area contributed by atoms with Gasteiger partial charge in [0.15, 0.2) is 0 Å². The molecule has 11 heteroatoms. The van der Waals surface area contributed by atoms with Crippen molar-refractivity contribution in [3.05, 3.63) is 24.0 Å². The topological polar surface area (TPSA) is 83.1 Å². The third-order valence-corrected chi connectivity index (χ3v) is 5.51. The van der Waals surface area contributed by atoms with Crippen molar-refractivity contribution in [3.8, 4) is 0 Å². The number of urea groups is 1. The van der Waals surface area contributed by atoms with Crippen LogP contribution in [-0.2, 0) is 15.7 Å². The van der Waals surface area contributed by atoms with Crippen LogP contribution in [-0.4, -0.2) is 63.1 Å². The molecule has 2 aliphatic rings. The second kappa shape index (κ2) is 7.93. The number of ether oxygens (including phenoxy) is 1. The van der Waals surface area contributed by atoms with Gasteiger partial charge in [0.2, 0.25) is 0 Å². The number of imide groups is 1. The first kappa shape index (κ1) is 23.8. The quantitative estimate of drug-likeness (QED) is 0.627. The van der Waals surface area contributed by atoms with Gasteiger partial charge in [0.05, 0.1) is 11.9 Å². The number of pyridine rings is 1. The van der Waals surface area contributed by atoms with E-state index in [1.54, 1.807) is 34.6 Å². The number of nitrogens with zero attached hydrogens (tertiary/aromatic N) is 4. The minimum Gasteiger partial charge on any atom is -0.444 e. The fourth-order valence-corrected chi connectivity index (χ4v) is 4.16. The predicted molar refractivity (Wildman–Crippen MR) is 109 cm³/mol. The summed E-state index contributed by atoms with van der Waals surface area (Å²) in [6.45, 7) is 9.21. The van der Waals surface area contributed by atoms with Crippen LogP contribution in [0.15, 0.2) is 18.3 Å². The van der Waals surface area contributed by atoms with Gasteiger partial charge in [-0.2, -0.15) is 13.2 Å². The van der Waals surface area contributed by atoms with E-state index in [1.165, 1.54) is 9.80 Å². The Kier molecular flexibility index (Phi) is 5.90. The summed E-state index contributed by atoms with van der Waals surface area (Å²) < 4.78 is 43.9. The molecule has 0 aromatic carbocycles. The van der Waals surface area contributed by atoms with Crippen molar-refractivity contribution in [1.29, 1.82) is 0 Å². The smallest absolute Gasteiger partial charge is 0.433 e. The minimum absolute atomic E-state index is 0.0231. The van der Waals surface area contributed by atoms with Crippen molar-refractivity contribution in [2.75, 3.05) is 18.0 Å². The average molecular weight is 456 g/mol. The van der Waals surface area contributed by atoms with Gasteiger partial charge < -0.3 is 14.5 Å². The van der Waals surface area contributed by atoms with Crippen LogP contribution in [0.2, 0.25) is 0 Å². The number of rotatable bonds is 2. The normalized spacial score (nSPS) is 19.3. The number of aromatic nitrogens is 1. The predicted octanol–water partition coefficient (Wildman–Crippen LogP) is 4.05. The van der Waals surface area contributed by atoms with Crippen molar-refractivity contribution in [1.82, 2.24) is 14.8 Å². The zero-order chi connectivity index (χ0) is 24.1. The molecular formula is C21H27F3N4O4. The molecule has 32 heavy (non-hydrogen) atoms. The van der Waals surface area contributed by atoms with Crippen molar-refractivity contribution in [2.45, 2.75) is 70.8 Å². The first-order chi connectivity index (χ1) is 14.7. The van der Waals surface area contributed by atoms with Crippen LogP contribution >= 0.6 is 0 Å². The van der Waals surface area contributed by atoms with E-state index in [4.69, 9.17) is 4.74 Å². The molecule has 176 valence electrons. The van der Waals surface area contributed by atoms with Gasteiger partial charge in [0, 0.05) is 19.1 Å². The fraction of sp³-hybridized carbons (Fsp3) is 0.619. The molecular weight excluding hydrogens is 429 g/mol. The summed E-state index contributed by atoms with van der Waals surface area (Å²) in [4.78, 5) is 46.3. The summed E-state index contributed by atoms with van der Waals surface area (Å²) in [6, 6.07) is 0.856. The molecule has 2 saturated heterocycles. The van der Waals surface area contributed by atoms with E-state index in [0.717, 1.165) is 23.2 Å². The lowest BCUT2D eigenvalue weighted by molar-refractivity contribution is -0.141. The van der Waals surface area contributed by atoms with Crippen LogP contribution in [0.25, 0.3) is 0 Å². The number of likely N-dealkylation sites (tertiary alicyclic amines) is 1. The number of piperidine rings is 1. The van der Waals surface area contributed by atoms with Gasteiger partial charge in [-0.15, -0.1) is 0 Å². The molecule has 0 atom stereocenters. The summed E-state index contributed by atoms with van der Waals surface area (Å²) in [7, 11) is 0. The Morgan fingerprint density at radius 1 is 1.12 bits per heavy atom. The monoisotopic (exact) mass is 456 g/mol. The van der Waals surface area contributed by atoms with Crippen LogP contribution in [0.5, 0.6) is 0 Å². The summed E-state index contributed by atoms with van der Waals surface area (Å²) in [5, 5.41) is 0. The Morgan fingerprint density at radius 2 is 1.72 bits per heavy atom. The molecule has 3 rings (SSSR count). The largest absolute Gasteiger partial charge is 0.444 e. The molecule has 1 aromatic heterocycles. The minimum atomic E-state index is -4.63. The highest BCUT2D eigenvalue weighted by Gasteiger charge is 2.59. The van der Waals surface area contributed by atoms with Gasteiger partial charge >= 0.3 is 18.3 Å². The first-order valence-electron chi connectivity index (χ1n) is 10.4. The van der Waals surface area contributed by atoms with Gasteiger partial charge in [0.25, 0.3) is 5.91 Å². The number of anilines is 1. The molecule has 3 heterocycles. The van der Waals surface area contributed by atoms with Gasteiger partial charge in [-0.25, -0.2) is 19.5 Å². The van der Waals surface area contributed by atoms with Gasteiger partial charge in [-0.3, -0.25) is 4.79 Å². The number of alkyl halides is 3. The van der Waals surface area contributed by atoms with Gasteiger partial charge in [0.1, 0.15) is 16.8 Å². The van der Waals surface area contributed by atoms with Crippen LogP contribution in [0, 0.1) is 0 Å². The molecule has 1 aromatic rings. The average Bonchev–Trinajstić information content (AvgIpc) is 2.87. The van der Waals surface area contributed by atoms with Crippen LogP contribution in [0.4, 0.5) is 28.4 Å². The SMILES string of the molecule is CC(C)N1C(=O)N(c2ccc(C(F)(F)F)nc2)C(=O)C12CCN(C(=O)OC(C)(C)C)CC2. The molecule has 8 nitrogen and oxygen atoms in total. The molecule has 2 fully saturated rings. The van der Waals surface area contributed by atoms with Crippen molar-refractivity contribution < 1.29 is 32.3 Å². The molecule has 0 radical (unpaired) electrons. The Labute approximate surface area is 184 Å². The Hall–Kier alpha value is -2.85. The second-order valence-corrected chi connectivity index (χ2v) is 9.29. The zero-order valence-corrected chi connectivity index (χ0v) is 18.7. The van der Waals surface area contributed by atoms with Crippen molar-refractivity contribution in [3.63, 3.8) is 0 Å². The summed E-state index contributed by atoms with van der Waals surface area (Å²) >= 11 is 0. The molecule has 2 aliphatic heterocycles. The number of hydrogen-bond acceptors (Lipinski definition) is 5. The van der Waals surface area contributed by atoms with Gasteiger partial charge in [-0.1, -0.05) is 0 Å². The van der Waals surface area contributed by atoms with E-state index in [0.29, 0.717) is 0 Å². The summed E-state index contributed by atoms with van der Waals surface area (Å²) in [5.74, 6) is -0.526. The lowest BCUT2D eigenvalue weighted by Gasteiger charge is -2.43. The summed E-state index contributed by atoms with van der Waals surface area (Å²) in [6.07, 6.45) is -3.86. The molecule has 0 unspecified atom stereocenters. The Morgan fingerprint density at radius 3 is 2.16 bits per heavy atom. The molecule has 0 bridgehead atoms. The number of hydrogen-bond donors (Lipinski definition) is 0. The highest BCUT2D eigenvalue weighted by atomic mass is 19.4. The molecule has 0 N–H and O–H groups in total. The Balaban J connectivity index is 1.87. The highest BCUT2D eigenvalue weighted by molar-refractivity contribution is 6.23. The third-order valence-electron chi connectivity index (χ3n) is 5.51. The summed E-state index contributed by atoms with van der Waals surface area (Å²) in [5.41, 5.74) is -2.99. The van der Waals surface area contributed by atoms with Crippen LogP contribution < -0.4 is 4.90 Å². The number of halogens is 3. The maximum absolute atomic E-state index is 13.5. The second-order valence-electron chi connectivity index (χ2n) is 9.29. The fourth-order valence-electron chi connectivity index (χ4n) is 4.16. The number of carbonyl (C=O) groups is 3. The van der Waals surface area contributed by atoms with E-state index in [2.05, 4.69) is 4.98 Å². The molecule has 4 amide bonds. The molecule has 1 spiro atoms. The van der Waals surface area contributed by atoms with Crippen molar-refractivity contribution in [2.24, 2.45) is 0 Å². The van der Waals surface area contributed by atoms with Crippen LogP contribution in [0.1, 0.15) is 53.2 Å². The van der Waals surface area contributed by atoms with E-state index < -0.39 is 41.0 Å². The highest BCUT2D eigenvalue weighted by Crippen LogP contribution is 2.41. The van der Waals surface area contributed by atoms with E-state index >= 15 is 0 Å². The molecule has 0 aliphatic carbocycles. The zero-order valence-electron chi connectivity index (χ0n) is 18.7. The van der Waals surface area contributed by atoms with E-state index in [-0.39, 0.29) is 37.7 Å². The lowest BCUT2D eigenvalue weighted by Crippen LogP contribution is -2.59. The number of amides is 4. The maximum atomic E-state index is 13.5. The first-order valence-corrected chi connectivity index (χ1v) is 10.4. The third kappa shape index (κ3) is 4.24. The van der Waals surface area contributed by atoms with Crippen molar-refractivity contribution >= 4 is 23.7 Å². The van der Waals surface area contributed by atoms with E-state index in [1.807, 2.05) is 0 Å². The number of carbonyl (C=O) groups excluding carboxylic acids is 3. The standard InChI is InChI=1S/C21H27F3N4O4/c1-13(2)28-17(30)27(14-6-7-15(25-12-14)21(22,23)24)16(29)20(28)8-10-26(11-9-20)18(31)32-19(3,4)5/h6-7,12-13H,8-11H2,1-5H3. The lowest BCUT2D eigenvalue weighted by atomic mass is 9.85.